The van der Waals surface area contributed by atoms with Crippen LogP contribution in [0.3, 0.4) is 0 Å². The molecule has 2 rings (SSSR count). The van der Waals surface area contributed by atoms with E-state index in [-0.39, 0.29) is 12.4 Å². The summed E-state index contributed by atoms with van der Waals surface area (Å²) in [5.74, 6) is -0.604. The maximum absolute atomic E-state index is 11.6. The molecule has 0 radical (unpaired) electrons. The molecule has 4 nitrogen and oxygen atoms in total. The predicted octanol–water partition coefficient (Wildman–Crippen LogP) is 4.42. The largest absolute Gasteiger partial charge is 0.494 e. The Morgan fingerprint density at radius 2 is 1.58 bits per heavy atom. The second-order valence-corrected chi connectivity index (χ2v) is 6.40. The van der Waals surface area contributed by atoms with Crippen LogP contribution in [0.1, 0.15) is 69.8 Å². The fourth-order valence-corrected chi connectivity index (χ4v) is 2.94. The quantitative estimate of drug-likeness (QED) is 0.342. The van der Waals surface area contributed by atoms with E-state index in [9.17, 15) is 9.59 Å². The number of carbonyl (C=O) groups is 2. The van der Waals surface area contributed by atoms with Gasteiger partial charge in [-0.3, -0.25) is 9.59 Å². The summed E-state index contributed by atoms with van der Waals surface area (Å²) in [6.45, 7) is 2.83. The number of carbonyl (C=O) groups excluding carboxylic acids is 2. The van der Waals surface area contributed by atoms with Crippen molar-refractivity contribution in [2.75, 3.05) is 13.2 Å². The highest BCUT2D eigenvalue weighted by atomic mass is 16.5. The third kappa shape index (κ3) is 5.66. The van der Waals surface area contributed by atoms with Crippen LogP contribution in [-0.2, 0) is 14.3 Å². The van der Waals surface area contributed by atoms with Gasteiger partial charge in [0, 0.05) is 0 Å². The summed E-state index contributed by atoms with van der Waals surface area (Å²) in [5.41, 5.74) is 0.682. The van der Waals surface area contributed by atoms with Crippen molar-refractivity contribution in [3.05, 3.63) is 29.8 Å². The van der Waals surface area contributed by atoms with E-state index in [1.807, 2.05) is 12.1 Å². The molecule has 24 heavy (non-hydrogen) atoms. The van der Waals surface area contributed by atoms with Crippen LogP contribution in [0.2, 0.25) is 0 Å². The van der Waals surface area contributed by atoms with Gasteiger partial charge in [-0.2, -0.15) is 0 Å². The minimum atomic E-state index is -0.758. The minimum Gasteiger partial charge on any atom is -0.494 e. The normalized spacial score (nSPS) is 17.1. The van der Waals surface area contributed by atoms with Gasteiger partial charge in [0.05, 0.1) is 6.61 Å². The van der Waals surface area contributed by atoms with Crippen molar-refractivity contribution in [1.29, 1.82) is 0 Å². The van der Waals surface area contributed by atoms with Gasteiger partial charge < -0.3 is 9.47 Å². The summed E-state index contributed by atoms with van der Waals surface area (Å²) in [6.07, 6.45) is 10.2. The van der Waals surface area contributed by atoms with Crippen LogP contribution in [0.25, 0.3) is 0 Å². The van der Waals surface area contributed by atoms with Gasteiger partial charge in [-0.25, -0.2) is 0 Å². The Morgan fingerprint density at radius 3 is 2.17 bits per heavy atom. The minimum absolute atomic E-state index is 0.111. The number of hydrogen-bond donors (Lipinski definition) is 0. The number of ether oxygens (including phenoxy) is 2. The molecule has 1 atom stereocenters. The lowest BCUT2D eigenvalue weighted by Crippen LogP contribution is -2.12. The summed E-state index contributed by atoms with van der Waals surface area (Å²) in [5, 5.41) is 0. The number of esters is 1. The average Bonchev–Trinajstić information content (AvgIpc) is 2.93. The van der Waals surface area contributed by atoms with Crippen molar-refractivity contribution >= 4 is 11.8 Å². The zero-order chi connectivity index (χ0) is 17.2. The van der Waals surface area contributed by atoms with Gasteiger partial charge >= 0.3 is 5.97 Å². The van der Waals surface area contributed by atoms with Crippen molar-refractivity contribution in [1.82, 2.24) is 0 Å². The lowest BCUT2D eigenvalue weighted by atomic mass is 9.97. The fourth-order valence-electron chi connectivity index (χ4n) is 2.94. The van der Waals surface area contributed by atoms with Crippen LogP contribution in [0, 0.1) is 0 Å². The molecule has 0 aliphatic carbocycles. The van der Waals surface area contributed by atoms with E-state index in [1.54, 1.807) is 12.1 Å². The zero-order valence-corrected chi connectivity index (χ0v) is 14.6. The molecule has 1 fully saturated rings. The van der Waals surface area contributed by atoms with Crippen molar-refractivity contribution in [3.63, 3.8) is 0 Å². The number of unbranched alkanes of at least 4 members (excludes halogenated alkanes) is 7. The first-order valence-corrected chi connectivity index (χ1v) is 9.14. The number of hydrogen-bond acceptors (Lipinski definition) is 4. The summed E-state index contributed by atoms with van der Waals surface area (Å²) in [7, 11) is 0. The zero-order valence-electron chi connectivity index (χ0n) is 14.6. The van der Waals surface area contributed by atoms with Gasteiger partial charge in [-0.05, 0) is 24.1 Å². The monoisotopic (exact) mass is 332 g/mol. The molecule has 0 N–H and O–H groups in total. The number of benzene rings is 1. The van der Waals surface area contributed by atoms with E-state index in [0.717, 1.165) is 12.2 Å². The van der Waals surface area contributed by atoms with Gasteiger partial charge in [0.15, 0.2) is 12.4 Å². The van der Waals surface area contributed by atoms with Gasteiger partial charge in [-0.15, -0.1) is 0 Å². The molecule has 1 unspecified atom stereocenters. The molecule has 0 spiro atoms. The molecule has 1 heterocycles. The Bertz CT molecular complexity index is 505. The summed E-state index contributed by atoms with van der Waals surface area (Å²) in [6, 6.07) is 7.19. The summed E-state index contributed by atoms with van der Waals surface area (Å²) < 4.78 is 10.5. The van der Waals surface area contributed by atoms with Crippen LogP contribution in [0.5, 0.6) is 5.75 Å². The maximum atomic E-state index is 11.6. The highest BCUT2D eigenvalue weighted by Crippen LogP contribution is 2.25. The molecule has 0 saturated carbocycles. The standard InChI is InChI=1S/C20H28O4/c1-2-3-4-5-6-7-8-9-14-23-17-12-10-16(11-13-17)19-18(21)15-24-20(19)22/h10-13,19H,2-9,14-15H2,1H3. The molecule has 1 aromatic carbocycles. The molecule has 1 aliphatic heterocycles. The fraction of sp³-hybridized carbons (Fsp3) is 0.600. The first-order valence-electron chi connectivity index (χ1n) is 9.14. The van der Waals surface area contributed by atoms with Crippen molar-refractivity contribution < 1.29 is 19.1 Å². The first-order chi connectivity index (χ1) is 11.7. The summed E-state index contributed by atoms with van der Waals surface area (Å²) in [4.78, 5) is 23.2. The molecule has 0 aromatic heterocycles. The molecular formula is C20H28O4. The van der Waals surface area contributed by atoms with Crippen LogP contribution in [-0.4, -0.2) is 25.0 Å². The SMILES string of the molecule is CCCCCCCCCCOc1ccc(C2C(=O)COC2=O)cc1. The maximum Gasteiger partial charge on any atom is 0.321 e. The Morgan fingerprint density at radius 1 is 0.958 bits per heavy atom. The van der Waals surface area contributed by atoms with Gasteiger partial charge in [0.1, 0.15) is 11.7 Å². The Balaban J connectivity index is 1.62. The van der Waals surface area contributed by atoms with Crippen molar-refractivity contribution in [3.8, 4) is 5.75 Å². The average molecular weight is 332 g/mol. The molecule has 132 valence electrons. The van der Waals surface area contributed by atoms with Gasteiger partial charge in [0.2, 0.25) is 0 Å². The molecule has 0 amide bonds. The lowest BCUT2D eigenvalue weighted by molar-refractivity contribution is -0.139. The highest BCUT2D eigenvalue weighted by molar-refractivity contribution is 6.09. The smallest absolute Gasteiger partial charge is 0.321 e. The van der Waals surface area contributed by atoms with E-state index in [1.165, 1.54) is 44.9 Å². The van der Waals surface area contributed by atoms with Crippen molar-refractivity contribution in [2.45, 2.75) is 64.2 Å². The highest BCUT2D eigenvalue weighted by Gasteiger charge is 2.36. The predicted molar refractivity (Wildman–Crippen MR) is 93.3 cm³/mol. The molecule has 4 heteroatoms. The van der Waals surface area contributed by atoms with Crippen LogP contribution >= 0.6 is 0 Å². The third-order valence-corrected chi connectivity index (χ3v) is 4.39. The first kappa shape index (κ1) is 18.5. The Kier molecular flexibility index (Phi) is 7.80. The number of rotatable bonds is 11. The van der Waals surface area contributed by atoms with E-state index >= 15 is 0 Å². The van der Waals surface area contributed by atoms with E-state index in [0.29, 0.717) is 12.2 Å². The van der Waals surface area contributed by atoms with E-state index in [2.05, 4.69) is 6.92 Å². The number of Topliss-reactive ketones (excluding diaryl/α,β-unsaturated/α-hetero) is 1. The Hall–Kier alpha value is -1.84. The molecule has 1 aliphatic rings. The summed E-state index contributed by atoms with van der Waals surface area (Å²) >= 11 is 0. The molecule has 1 aromatic rings. The van der Waals surface area contributed by atoms with E-state index < -0.39 is 11.9 Å². The van der Waals surface area contributed by atoms with Crippen molar-refractivity contribution in [2.24, 2.45) is 0 Å². The molecule has 0 bridgehead atoms. The van der Waals surface area contributed by atoms with Crippen LogP contribution in [0.4, 0.5) is 0 Å². The van der Waals surface area contributed by atoms with Gasteiger partial charge in [-0.1, -0.05) is 64.0 Å². The molecule has 1 saturated heterocycles. The van der Waals surface area contributed by atoms with Crippen LogP contribution in [0.15, 0.2) is 24.3 Å². The Labute approximate surface area is 144 Å². The lowest BCUT2D eigenvalue weighted by Gasteiger charge is -2.08. The van der Waals surface area contributed by atoms with Crippen LogP contribution < -0.4 is 4.74 Å². The topological polar surface area (TPSA) is 52.6 Å². The number of ketones is 1. The third-order valence-electron chi connectivity index (χ3n) is 4.39. The second-order valence-electron chi connectivity index (χ2n) is 6.40. The van der Waals surface area contributed by atoms with E-state index in [4.69, 9.17) is 9.47 Å². The second kappa shape index (κ2) is 10.1. The number of cyclic esters (lactones) is 1. The molecular weight excluding hydrogens is 304 g/mol. The van der Waals surface area contributed by atoms with Gasteiger partial charge in [0.25, 0.3) is 0 Å².